The van der Waals surface area contributed by atoms with Gasteiger partial charge in [-0.15, -0.1) is 0 Å². The van der Waals surface area contributed by atoms with Gasteiger partial charge in [0.2, 0.25) is 0 Å². The van der Waals surface area contributed by atoms with E-state index in [1.807, 2.05) is 0 Å². The quantitative estimate of drug-likeness (QED) is 0.707. The van der Waals surface area contributed by atoms with E-state index in [2.05, 4.69) is 5.32 Å². The number of aromatic nitrogens is 1. The van der Waals surface area contributed by atoms with E-state index in [0.717, 1.165) is 0 Å². The van der Waals surface area contributed by atoms with Gasteiger partial charge in [-0.1, -0.05) is 41.4 Å². The van der Waals surface area contributed by atoms with Gasteiger partial charge in [-0.3, -0.25) is 9.59 Å². The van der Waals surface area contributed by atoms with Crippen molar-refractivity contribution in [1.82, 2.24) is 4.57 Å². The maximum absolute atomic E-state index is 13.8. The molecule has 0 aliphatic heterocycles. The average Bonchev–Trinajstić information content (AvgIpc) is 2.61. The largest absolute Gasteiger partial charge is 0.320 e. The summed E-state index contributed by atoms with van der Waals surface area (Å²) in [4.78, 5) is 25.1. The summed E-state index contributed by atoms with van der Waals surface area (Å²) >= 11 is 11.9. The van der Waals surface area contributed by atoms with Gasteiger partial charge in [-0.2, -0.15) is 0 Å². The number of hydrogen-bond donors (Lipinski definition) is 1. The number of halogens is 3. The highest BCUT2D eigenvalue weighted by Crippen LogP contribution is 2.25. The molecule has 132 valence electrons. The van der Waals surface area contributed by atoms with Crippen molar-refractivity contribution in [2.24, 2.45) is 0 Å². The molecule has 1 aromatic heterocycles. The second-order valence-corrected chi connectivity index (χ2v) is 6.37. The molecule has 0 aliphatic rings. The van der Waals surface area contributed by atoms with Crippen molar-refractivity contribution in [3.8, 4) is 0 Å². The minimum atomic E-state index is -0.623. The second kappa shape index (κ2) is 7.72. The van der Waals surface area contributed by atoms with Gasteiger partial charge >= 0.3 is 0 Å². The van der Waals surface area contributed by atoms with Crippen molar-refractivity contribution in [3.05, 3.63) is 98.1 Å². The van der Waals surface area contributed by atoms with Gasteiger partial charge < -0.3 is 9.88 Å². The summed E-state index contributed by atoms with van der Waals surface area (Å²) in [7, 11) is 0. The molecular weight excluding hydrogens is 378 g/mol. The molecule has 0 saturated heterocycles. The standard InChI is InChI=1S/C19H13Cl2FN2O2/c20-13-7-8-15(21)17(10-13)23-18(25)14-5-3-9-24(19(14)26)11-12-4-1-2-6-16(12)22/h1-10H,11H2,(H,23,25). The lowest BCUT2D eigenvalue weighted by molar-refractivity contribution is 0.102. The van der Waals surface area contributed by atoms with Crippen molar-refractivity contribution in [2.45, 2.75) is 6.54 Å². The van der Waals surface area contributed by atoms with Crippen LogP contribution >= 0.6 is 23.2 Å². The molecule has 7 heteroatoms. The van der Waals surface area contributed by atoms with Gasteiger partial charge in [-0.25, -0.2) is 4.39 Å². The highest BCUT2D eigenvalue weighted by atomic mass is 35.5. The number of hydrogen-bond acceptors (Lipinski definition) is 2. The Labute approximate surface area is 158 Å². The maximum Gasteiger partial charge on any atom is 0.263 e. The highest BCUT2D eigenvalue weighted by Gasteiger charge is 2.15. The number of rotatable bonds is 4. The number of nitrogens with one attached hydrogen (secondary N) is 1. The molecule has 3 aromatic rings. The molecule has 0 fully saturated rings. The van der Waals surface area contributed by atoms with Crippen molar-refractivity contribution >= 4 is 34.8 Å². The molecular formula is C19H13Cl2FN2O2. The molecule has 1 amide bonds. The van der Waals surface area contributed by atoms with Gasteiger partial charge in [0.1, 0.15) is 11.4 Å². The summed E-state index contributed by atoms with van der Waals surface area (Å²) in [5, 5.41) is 3.26. The zero-order valence-corrected chi connectivity index (χ0v) is 14.9. The first-order valence-electron chi connectivity index (χ1n) is 7.65. The van der Waals surface area contributed by atoms with E-state index in [-0.39, 0.29) is 12.1 Å². The number of pyridine rings is 1. The van der Waals surface area contributed by atoms with Crippen molar-refractivity contribution < 1.29 is 9.18 Å². The molecule has 0 spiro atoms. The van der Waals surface area contributed by atoms with E-state index in [9.17, 15) is 14.0 Å². The zero-order valence-electron chi connectivity index (χ0n) is 13.4. The van der Waals surface area contributed by atoms with E-state index in [1.54, 1.807) is 36.4 Å². The molecule has 0 aliphatic carbocycles. The molecule has 1 heterocycles. The molecule has 0 atom stereocenters. The molecule has 2 aromatic carbocycles. The first kappa shape index (κ1) is 18.2. The first-order valence-corrected chi connectivity index (χ1v) is 8.40. The summed E-state index contributed by atoms with van der Waals surface area (Å²) in [5.41, 5.74) is 0.0319. The summed E-state index contributed by atoms with van der Waals surface area (Å²) in [6, 6.07) is 13.7. The van der Waals surface area contributed by atoms with E-state index >= 15 is 0 Å². The smallest absolute Gasteiger partial charge is 0.263 e. The Kier molecular flexibility index (Phi) is 5.40. The fourth-order valence-corrected chi connectivity index (χ4v) is 2.76. The van der Waals surface area contributed by atoms with E-state index in [0.29, 0.717) is 21.3 Å². The number of nitrogens with zero attached hydrogens (tertiary/aromatic N) is 1. The normalized spacial score (nSPS) is 10.6. The highest BCUT2D eigenvalue weighted by molar-refractivity contribution is 6.35. The second-order valence-electron chi connectivity index (χ2n) is 5.52. The van der Waals surface area contributed by atoms with Crippen LogP contribution in [0.2, 0.25) is 10.0 Å². The van der Waals surface area contributed by atoms with Crippen LogP contribution < -0.4 is 10.9 Å². The van der Waals surface area contributed by atoms with Crippen LogP contribution in [-0.2, 0) is 6.54 Å². The molecule has 0 unspecified atom stereocenters. The fourth-order valence-electron chi connectivity index (χ4n) is 2.43. The Bertz CT molecular complexity index is 1030. The van der Waals surface area contributed by atoms with Crippen LogP contribution in [0.1, 0.15) is 15.9 Å². The van der Waals surface area contributed by atoms with E-state index < -0.39 is 17.3 Å². The lowest BCUT2D eigenvalue weighted by Gasteiger charge is -2.10. The lowest BCUT2D eigenvalue weighted by atomic mass is 10.2. The van der Waals surface area contributed by atoms with Crippen LogP contribution in [0.3, 0.4) is 0 Å². The van der Waals surface area contributed by atoms with Crippen molar-refractivity contribution in [3.63, 3.8) is 0 Å². The van der Waals surface area contributed by atoms with E-state index in [1.165, 1.54) is 29.0 Å². The summed E-state index contributed by atoms with van der Waals surface area (Å²) in [5.74, 6) is -1.04. The molecule has 0 radical (unpaired) electrons. The predicted octanol–water partition coefficient (Wildman–Crippen LogP) is 4.59. The Morgan fingerprint density at radius 1 is 1.08 bits per heavy atom. The van der Waals surface area contributed by atoms with Gasteiger partial charge in [0.05, 0.1) is 17.3 Å². The van der Waals surface area contributed by atoms with Crippen LogP contribution in [0, 0.1) is 5.82 Å². The fraction of sp³-hybridized carbons (Fsp3) is 0.0526. The van der Waals surface area contributed by atoms with Crippen LogP contribution in [0.5, 0.6) is 0 Å². The average molecular weight is 391 g/mol. The summed E-state index contributed by atoms with van der Waals surface area (Å²) in [6.45, 7) is 0.0184. The molecule has 0 bridgehead atoms. The number of carbonyl (C=O) groups excluding carboxylic acids is 1. The van der Waals surface area contributed by atoms with Crippen LogP contribution in [0.4, 0.5) is 10.1 Å². The summed E-state index contributed by atoms with van der Waals surface area (Å²) in [6.07, 6.45) is 1.50. The van der Waals surface area contributed by atoms with Gasteiger partial charge in [0.25, 0.3) is 11.5 Å². The minimum absolute atomic E-state index is 0.0184. The number of anilines is 1. The summed E-state index contributed by atoms with van der Waals surface area (Å²) < 4.78 is 15.1. The Balaban J connectivity index is 1.89. The zero-order chi connectivity index (χ0) is 18.7. The monoisotopic (exact) mass is 390 g/mol. The Hall–Kier alpha value is -2.63. The lowest BCUT2D eigenvalue weighted by Crippen LogP contribution is -2.29. The third kappa shape index (κ3) is 3.95. The van der Waals surface area contributed by atoms with Crippen molar-refractivity contribution in [1.29, 1.82) is 0 Å². The maximum atomic E-state index is 13.8. The third-order valence-electron chi connectivity index (χ3n) is 3.74. The van der Waals surface area contributed by atoms with Crippen LogP contribution in [0.25, 0.3) is 0 Å². The number of carbonyl (C=O) groups is 1. The number of benzene rings is 2. The van der Waals surface area contributed by atoms with Gasteiger partial charge in [0, 0.05) is 16.8 Å². The topological polar surface area (TPSA) is 51.1 Å². The van der Waals surface area contributed by atoms with Crippen molar-refractivity contribution in [2.75, 3.05) is 5.32 Å². The SMILES string of the molecule is O=C(Nc1cc(Cl)ccc1Cl)c1cccn(Cc2ccccc2F)c1=O. The predicted molar refractivity (Wildman–Crippen MR) is 101 cm³/mol. The third-order valence-corrected chi connectivity index (χ3v) is 4.30. The van der Waals surface area contributed by atoms with E-state index in [4.69, 9.17) is 23.2 Å². The molecule has 4 nitrogen and oxygen atoms in total. The van der Waals surface area contributed by atoms with Crippen LogP contribution in [-0.4, -0.2) is 10.5 Å². The Morgan fingerprint density at radius 2 is 1.85 bits per heavy atom. The molecule has 0 saturated carbocycles. The molecule has 1 N–H and O–H groups in total. The van der Waals surface area contributed by atoms with Gasteiger partial charge in [0.15, 0.2) is 0 Å². The number of amides is 1. The molecule has 26 heavy (non-hydrogen) atoms. The van der Waals surface area contributed by atoms with Crippen LogP contribution in [0.15, 0.2) is 65.6 Å². The van der Waals surface area contributed by atoms with Gasteiger partial charge in [-0.05, 0) is 36.4 Å². The molecule has 3 rings (SSSR count). The Morgan fingerprint density at radius 3 is 2.62 bits per heavy atom. The first-order chi connectivity index (χ1) is 12.5. The minimum Gasteiger partial charge on any atom is -0.320 e.